The van der Waals surface area contributed by atoms with Gasteiger partial charge < -0.3 is 0 Å². The summed E-state index contributed by atoms with van der Waals surface area (Å²) in [5.41, 5.74) is 12.0. The molecular weight excluding hydrogens is 1450 g/mol. The molecule has 0 unspecified atom stereocenters. The van der Waals surface area contributed by atoms with Gasteiger partial charge in [0.25, 0.3) is 0 Å². The molecule has 0 fully saturated rings. The first-order chi connectivity index (χ1) is 59.3. The van der Waals surface area contributed by atoms with Gasteiger partial charge in [-0.1, -0.05) is 81.1 Å². The minimum Gasteiger partial charge on any atom is -0.113 e. The number of benzene rings is 8. The highest BCUT2D eigenvalue weighted by atomic mass is 14.4. The summed E-state index contributed by atoms with van der Waals surface area (Å²) >= 11 is 0. The molecule has 0 amide bonds. The molecule has 8 rings (SSSR count). The Labute approximate surface area is 769 Å². The smallest absolute Gasteiger partial charge is 0.113 e. The fourth-order valence-electron chi connectivity index (χ4n) is 16.3. The predicted molar refractivity (Wildman–Crippen MR) is 569 cm³/mol. The zero-order chi connectivity index (χ0) is 91.6. The summed E-state index contributed by atoms with van der Waals surface area (Å²) in [4.78, 5) is 0. The Morgan fingerprint density at radius 1 is 0.258 bits per heavy atom. The Hall–Kier alpha value is -11.7. The van der Waals surface area contributed by atoms with Crippen LogP contribution in [0.5, 0.6) is 0 Å². The summed E-state index contributed by atoms with van der Waals surface area (Å²) in [7, 11) is 133. The molecule has 0 aliphatic heterocycles. The Morgan fingerprint density at radius 3 is 1.02 bits per heavy atom. The monoisotopic (exact) mass is 1500 g/mol. The second kappa shape index (κ2) is 44.1. The third-order valence-corrected chi connectivity index (χ3v) is 22.2. The van der Waals surface area contributed by atoms with Crippen LogP contribution in [0.2, 0.25) is 0 Å². The molecule has 0 aliphatic rings. The maximum atomic E-state index is 7.98. The number of rotatable bonds is 16. The fraction of sp³-hybridized carbons (Fsp3) is 0.152. The van der Waals surface area contributed by atoms with Crippen LogP contribution >= 0.6 is 0 Å². The highest BCUT2D eigenvalue weighted by Crippen LogP contribution is 2.55. The number of hydrogen-bond acceptors (Lipinski definition) is 0. The normalized spacial score (nSPS) is 9.15. The topological polar surface area (TPSA) is 0 Å². The quantitative estimate of drug-likeness (QED) is 0.0432. The van der Waals surface area contributed by atoms with Crippen LogP contribution < -0.4 is 38.2 Å². The van der Waals surface area contributed by atoms with Gasteiger partial charge in [0.15, 0.2) is 0 Å². The first kappa shape index (κ1) is 97.8. The van der Waals surface area contributed by atoms with Gasteiger partial charge in [-0.15, -0.1) is 41.6 Å². The van der Waals surface area contributed by atoms with Crippen LogP contribution in [0.15, 0.2) is 0 Å². The summed E-state index contributed by atoms with van der Waals surface area (Å²) in [6.07, 6.45) is 9.17. The average molecular weight is 1500 g/mol. The van der Waals surface area contributed by atoms with Gasteiger partial charge >= 0.3 is 0 Å². The molecule has 0 atom stereocenters. The first-order valence-electron chi connectivity index (χ1n) is 38.7. The largest absolute Gasteiger partial charge is 0.113 e. The Bertz CT molecular complexity index is 7230. The van der Waals surface area contributed by atoms with E-state index in [2.05, 4.69) is 219 Å². The van der Waals surface area contributed by atoms with Crippen molar-refractivity contribution in [1.82, 2.24) is 0 Å². The van der Waals surface area contributed by atoms with Crippen LogP contribution in [0.1, 0.15) is 122 Å². The van der Waals surface area contributed by atoms with Crippen LogP contribution in [-0.4, -0.2) is 231 Å². The van der Waals surface area contributed by atoms with Crippen LogP contribution in [0, 0.1) is 308 Å². The van der Waals surface area contributed by atoms with E-state index in [1.807, 2.05) is 69.2 Å². The molecular formula is C92H45B32. The van der Waals surface area contributed by atoms with E-state index in [9.17, 15) is 0 Å². The summed E-state index contributed by atoms with van der Waals surface area (Å²) in [6, 6.07) is 0. The van der Waals surface area contributed by atoms with Crippen molar-refractivity contribution in [2.75, 3.05) is 0 Å². The van der Waals surface area contributed by atoms with Crippen molar-refractivity contribution >= 4 is 324 Å². The summed E-state index contributed by atoms with van der Waals surface area (Å²) < 4.78 is 0. The van der Waals surface area contributed by atoms with Crippen molar-refractivity contribution in [3.05, 3.63) is 94.6 Å². The molecule has 0 spiro atoms. The van der Waals surface area contributed by atoms with Crippen molar-refractivity contribution in [1.29, 1.82) is 0 Å². The maximum absolute atomic E-state index is 7.98. The molecule has 124 heavy (non-hydrogen) atoms. The van der Waals surface area contributed by atoms with E-state index >= 15 is 0 Å². The fourth-order valence-corrected chi connectivity index (χ4v) is 16.3. The summed E-state index contributed by atoms with van der Waals surface area (Å²) in [5, 5.41) is 4.23. The van der Waals surface area contributed by atoms with Crippen LogP contribution in [0.25, 0.3) is 76.1 Å². The van der Waals surface area contributed by atoms with Gasteiger partial charge in [0.05, 0.1) is 73.0 Å². The first-order valence-corrected chi connectivity index (χ1v) is 38.7. The van der Waals surface area contributed by atoms with Crippen LogP contribution in [0.3, 0.4) is 0 Å². The van der Waals surface area contributed by atoms with Crippen LogP contribution in [-0.2, 0) is 0 Å². The molecule has 8 aromatic carbocycles. The third-order valence-electron chi connectivity index (χ3n) is 22.2. The van der Waals surface area contributed by atoms with Gasteiger partial charge in [-0.25, -0.2) is 0 Å². The second-order valence-electron chi connectivity index (χ2n) is 28.8. The average Bonchev–Trinajstić information content (AvgIpc) is 0.674. The van der Waals surface area contributed by atoms with Gasteiger partial charge in [0.2, 0.25) is 0 Å². The SMILES string of the molecule is [B][B]B([B])B(B([B])[B])c1c(B(B([B])[B])B([B])[B])c(B([B][B])B([B])[B])c(B([B])B([B])[B])c2c(-c3c4c(C)c(C)c(C)c(C)c4c(-c4c(C#CC#CC#CC)c(C#CC#CC#C)c(C#CC#CC)c5c4c(C#CC#CC#CC#CC)c(C#CC#CC#CC#CC#C)c4c(C)c(C)c(C#CC)c(C#CC#C)c45)c4c(C)c(C)c(C)c(C)c34)c(B([B])[B])c([B][B])c([B])c12. The van der Waals surface area contributed by atoms with Crippen LogP contribution in [0.4, 0.5) is 0 Å². The van der Waals surface area contributed by atoms with Crippen molar-refractivity contribution in [2.24, 2.45) is 0 Å². The highest BCUT2D eigenvalue weighted by Gasteiger charge is 2.43. The third kappa shape index (κ3) is 19.2. The predicted octanol–water partition coefficient (Wildman–Crippen LogP) is -2.62. The Balaban J connectivity index is 2.18. The molecule has 8 aromatic rings. The lowest BCUT2D eigenvalue weighted by molar-refractivity contribution is 1.24. The molecule has 0 nitrogen and oxygen atoms in total. The van der Waals surface area contributed by atoms with Crippen molar-refractivity contribution in [2.45, 2.75) is 96.9 Å². The van der Waals surface area contributed by atoms with E-state index in [1.54, 1.807) is 27.7 Å². The number of terminal acetylenes is 3. The molecule has 509 valence electrons. The standard InChI is InChI=1S/C92H45B32/c1-18-25-31-35-37-39-42-46-53-70-71(54-47-41-38-36-32-26-19-2)79-78(77-67(49-30-23-6)65(48-24-7)59(12)64(17)72(70)77)68(51-43-29-22-5)66(50-44-34-28-21-4)69(52-45-40-33-27-20-3)80(79)81-73-60(13)55(8)57(10)62(15)75(73)82(76-63(16)58(11)56(9)61(14)74(76)81)83-84-85(86(93)87(111-94)88(83)114(97)98)90(118(123(108)109)124(110)113-96)92(117(121(104)105)122(106)107)91(116(112-95)120(102)103)89(84)115(99)119(100)101/h1,4,6H,2-3,5,7-17H3. The number of fused-ring (bicyclic) bond motifs is 6. The Kier molecular flexibility index (Phi) is 34.8. The molecule has 0 aromatic heterocycles. The molecule has 0 aliphatic carbocycles. The van der Waals surface area contributed by atoms with E-state index in [-0.39, 0.29) is 76.8 Å². The molecule has 0 saturated heterocycles. The molecule has 0 saturated carbocycles. The highest BCUT2D eigenvalue weighted by molar-refractivity contribution is 7.89. The van der Waals surface area contributed by atoms with E-state index < -0.39 is 70.8 Å². The van der Waals surface area contributed by atoms with E-state index in [1.165, 1.54) is 21.3 Å². The van der Waals surface area contributed by atoms with E-state index in [4.69, 9.17) is 159 Å². The van der Waals surface area contributed by atoms with Crippen molar-refractivity contribution in [3.63, 3.8) is 0 Å². The van der Waals surface area contributed by atoms with Crippen molar-refractivity contribution < 1.29 is 0 Å². The zero-order valence-electron chi connectivity index (χ0n) is 71.7. The maximum Gasteiger partial charge on any atom is 0.113 e. The molecule has 32 heteroatoms. The van der Waals surface area contributed by atoms with E-state index in [0.29, 0.717) is 110 Å². The lowest BCUT2D eigenvalue weighted by Crippen LogP contribution is -2.80. The van der Waals surface area contributed by atoms with E-state index in [0.717, 1.165) is 22.3 Å². The summed E-state index contributed by atoms with van der Waals surface area (Å²) in [6.45, 7) is 19.8. The molecule has 0 heterocycles. The molecule has 39 radical (unpaired) electrons. The van der Waals surface area contributed by atoms with Gasteiger partial charge in [-0.3, -0.25) is 0 Å². The second-order valence-corrected chi connectivity index (χ2v) is 28.8. The van der Waals surface area contributed by atoms with Gasteiger partial charge in [0, 0.05) is 217 Å². The lowest BCUT2D eigenvalue weighted by Gasteiger charge is -2.42. The van der Waals surface area contributed by atoms with Gasteiger partial charge in [-0.05, 0) is 356 Å². The van der Waals surface area contributed by atoms with Gasteiger partial charge in [-0.2, -0.15) is 0 Å². The zero-order valence-corrected chi connectivity index (χ0v) is 71.7. The van der Waals surface area contributed by atoms with Crippen molar-refractivity contribution in [3.8, 4) is 261 Å². The lowest BCUT2D eigenvalue weighted by atomic mass is 8.66. The number of aryl methyl sites for hydroxylation is 5. The molecule has 0 bridgehead atoms. The minimum atomic E-state index is -1.52. The van der Waals surface area contributed by atoms with Gasteiger partial charge in [0.1, 0.15) is 7.85 Å². The molecule has 0 N–H and O–H groups in total. The summed E-state index contributed by atoms with van der Waals surface area (Å²) in [5.74, 6) is 110. The minimum absolute atomic E-state index is 0.0696. The Morgan fingerprint density at radius 2 is 0.621 bits per heavy atom. The number of hydrogen-bond donors (Lipinski definition) is 0.